The minimum Gasteiger partial charge on any atom is -0.497 e. The van der Waals surface area contributed by atoms with Crippen molar-refractivity contribution in [2.75, 3.05) is 34.4 Å². The summed E-state index contributed by atoms with van der Waals surface area (Å²) in [6.07, 6.45) is 0.666. The van der Waals surface area contributed by atoms with Gasteiger partial charge in [-0.15, -0.1) is 0 Å². The summed E-state index contributed by atoms with van der Waals surface area (Å²) in [6, 6.07) is 12.9. The summed E-state index contributed by atoms with van der Waals surface area (Å²) in [5.74, 6) is -1.36. The highest BCUT2D eigenvalue weighted by Gasteiger charge is 2.63. The second-order valence-corrected chi connectivity index (χ2v) is 16.1. The van der Waals surface area contributed by atoms with E-state index in [2.05, 4.69) is 5.32 Å². The number of amides is 2. The Morgan fingerprint density at radius 1 is 0.947 bits per heavy atom. The molecule has 1 spiro atoms. The van der Waals surface area contributed by atoms with E-state index in [0.29, 0.717) is 36.7 Å². The summed E-state index contributed by atoms with van der Waals surface area (Å²) in [4.78, 5) is 72.5. The van der Waals surface area contributed by atoms with Gasteiger partial charge in [0.15, 0.2) is 5.75 Å². The number of ketones is 2. The molecule has 2 bridgehead atoms. The molecule has 4 aliphatic rings. The number of rotatable bonds is 9. The van der Waals surface area contributed by atoms with Gasteiger partial charge in [0.1, 0.15) is 45.4 Å². The maximum atomic E-state index is 15.0. The summed E-state index contributed by atoms with van der Waals surface area (Å²) in [7, 11) is 4.36. The lowest BCUT2D eigenvalue weighted by Crippen LogP contribution is -2.57. The molecule has 8 rings (SSSR count). The Balaban J connectivity index is 1.13. The Hall–Kier alpha value is -5.56. The molecule has 2 amide bonds. The van der Waals surface area contributed by atoms with Crippen molar-refractivity contribution in [3.05, 3.63) is 92.1 Å². The van der Waals surface area contributed by atoms with Gasteiger partial charge in [-0.2, -0.15) is 0 Å². The van der Waals surface area contributed by atoms with Gasteiger partial charge in [-0.3, -0.25) is 24.0 Å². The van der Waals surface area contributed by atoms with E-state index < -0.39 is 35.0 Å². The van der Waals surface area contributed by atoms with Gasteiger partial charge in [0.05, 0.1) is 33.3 Å². The van der Waals surface area contributed by atoms with Gasteiger partial charge in [0.25, 0.3) is 5.56 Å². The zero-order valence-corrected chi connectivity index (χ0v) is 33.4. The van der Waals surface area contributed by atoms with Gasteiger partial charge in [-0.1, -0.05) is 38.4 Å². The second-order valence-electron chi connectivity index (χ2n) is 15.7. The maximum Gasteiger partial charge on any atom is 0.250 e. The molecule has 0 radical (unpaired) electrons. The molecular weight excluding hydrogens is 754 g/mol. The van der Waals surface area contributed by atoms with Crippen molar-refractivity contribution >= 4 is 35.0 Å². The molecule has 1 aliphatic carbocycles. The summed E-state index contributed by atoms with van der Waals surface area (Å²) in [5, 5.41) is 3.01. The van der Waals surface area contributed by atoms with Crippen LogP contribution in [0.25, 0.3) is 11.3 Å². The van der Waals surface area contributed by atoms with Crippen molar-refractivity contribution in [3.8, 4) is 34.3 Å². The van der Waals surface area contributed by atoms with E-state index in [1.165, 1.54) is 20.3 Å². The van der Waals surface area contributed by atoms with E-state index in [9.17, 15) is 19.2 Å². The van der Waals surface area contributed by atoms with E-state index in [1.807, 2.05) is 24.5 Å². The number of ether oxygens (including phenoxy) is 4. The van der Waals surface area contributed by atoms with Crippen LogP contribution < -0.4 is 29.8 Å². The SMILES string of the molecule is COc1ccc(-c2oc3c(c2CC(=O)N[C@H](C(=O)N2C[C@H]4C[C@@H](C2)c2cccc(=O)n2C4)C(C)C)C(=O)[C@@]2(Oc4c(Cl)c(OC)cc(OC)c4C2=O)[C@H](C)C3)cc1. The molecule has 0 saturated carbocycles. The normalized spacial score (nSPS) is 22.4. The Morgan fingerprint density at radius 3 is 2.35 bits per heavy atom. The first kappa shape index (κ1) is 38.3. The number of hydrogen-bond acceptors (Lipinski definition) is 10. The predicted octanol–water partition coefficient (Wildman–Crippen LogP) is 5.51. The Bertz CT molecular complexity index is 2380. The number of carbonyl (C=O) groups excluding carboxylic acids is 4. The van der Waals surface area contributed by atoms with Crippen LogP contribution >= 0.6 is 11.6 Å². The third-order valence-corrected chi connectivity index (χ3v) is 12.3. The predicted molar refractivity (Wildman–Crippen MR) is 209 cm³/mol. The number of likely N-dealkylation sites (tertiary alicyclic amines) is 1. The number of hydrogen-bond donors (Lipinski definition) is 1. The van der Waals surface area contributed by atoms with Gasteiger partial charge in [0, 0.05) is 66.8 Å². The fourth-order valence-corrected chi connectivity index (χ4v) is 9.41. The smallest absolute Gasteiger partial charge is 0.250 e. The fraction of sp³-hybridized carbons (Fsp3) is 0.419. The number of piperidine rings is 1. The minimum atomic E-state index is -2.03. The number of methoxy groups -OCH3 is 3. The highest BCUT2D eigenvalue weighted by atomic mass is 35.5. The van der Waals surface area contributed by atoms with Crippen molar-refractivity contribution < 1.29 is 42.5 Å². The molecule has 13 nitrogen and oxygen atoms in total. The highest BCUT2D eigenvalue weighted by Crippen LogP contribution is 2.54. The number of aromatic nitrogens is 1. The Kier molecular flexibility index (Phi) is 9.70. The van der Waals surface area contributed by atoms with Crippen LogP contribution in [-0.2, 0) is 29.0 Å². The molecule has 1 fully saturated rings. The molecule has 3 aliphatic heterocycles. The van der Waals surface area contributed by atoms with Gasteiger partial charge in [0.2, 0.25) is 29.0 Å². The van der Waals surface area contributed by atoms with Crippen LogP contribution in [0.2, 0.25) is 5.02 Å². The quantitative estimate of drug-likeness (QED) is 0.215. The van der Waals surface area contributed by atoms with Gasteiger partial charge < -0.3 is 38.1 Å². The van der Waals surface area contributed by atoms with Crippen molar-refractivity contribution in [3.63, 3.8) is 0 Å². The second kappa shape index (κ2) is 14.4. The molecule has 4 aromatic rings. The zero-order chi connectivity index (χ0) is 40.5. The number of benzene rings is 2. The topological polar surface area (TPSA) is 156 Å². The first-order valence-electron chi connectivity index (χ1n) is 19.1. The fourth-order valence-electron chi connectivity index (χ4n) is 9.15. The van der Waals surface area contributed by atoms with E-state index in [-0.39, 0.29) is 86.8 Å². The number of nitrogens with zero attached hydrogens (tertiary/aromatic N) is 2. The number of halogens is 1. The Labute approximate surface area is 334 Å². The summed E-state index contributed by atoms with van der Waals surface area (Å²) < 4.78 is 31.0. The highest BCUT2D eigenvalue weighted by molar-refractivity contribution is 6.36. The van der Waals surface area contributed by atoms with Gasteiger partial charge in [-0.05, 0) is 48.6 Å². The van der Waals surface area contributed by atoms with Gasteiger partial charge >= 0.3 is 0 Å². The number of fused-ring (bicyclic) bond motifs is 6. The van der Waals surface area contributed by atoms with E-state index >= 15 is 4.79 Å². The maximum absolute atomic E-state index is 15.0. The van der Waals surface area contributed by atoms with Crippen LogP contribution in [0, 0.1) is 17.8 Å². The molecule has 1 saturated heterocycles. The van der Waals surface area contributed by atoms with Crippen LogP contribution in [0.15, 0.2) is 57.7 Å². The molecule has 2 aromatic heterocycles. The van der Waals surface area contributed by atoms with E-state index in [1.54, 1.807) is 55.3 Å². The van der Waals surface area contributed by atoms with Crippen LogP contribution in [0.1, 0.15) is 70.8 Å². The molecule has 57 heavy (non-hydrogen) atoms. The Morgan fingerprint density at radius 2 is 1.67 bits per heavy atom. The molecule has 5 atom stereocenters. The lowest BCUT2D eigenvalue weighted by Gasteiger charge is -2.44. The van der Waals surface area contributed by atoms with Crippen molar-refractivity contribution in [2.24, 2.45) is 17.8 Å². The van der Waals surface area contributed by atoms with Crippen molar-refractivity contribution in [2.45, 2.75) is 64.1 Å². The zero-order valence-electron chi connectivity index (χ0n) is 32.6. The number of pyridine rings is 1. The lowest BCUT2D eigenvalue weighted by molar-refractivity contribution is -0.140. The standard InChI is InChI=1S/C43H44ClN3O10/c1-21(2)37(42(52)46-18-23-15-25(20-46)28-8-7-9-33(49)47(28)19-23)45-32(48)16-27-34-30(56-38(27)24-10-12-26(53-4)13-11-24)14-22(3)43(40(34)50)41(51)35-29(54-5)17-31(55-6)36(44)39(35)57-43/h7-13,17,21-23,25,37H,14-16,18-20H2,1-6H3,(H,45,48)/t22-,23-,25+,37+,43+/m1/s1. The number of Topliss-reactive ketones (excluding diaryl/α,β-unsaturated/α-hetero) is 2. The largest absolute Gasteiger partial charge is 0.497 e. The molecule has 1 N–H and O–H groups in total. The summed E-state index contributed by atoms with van der Waals surface area (Å²) >= 11 is 6.67. The van der Waals surface area contributed by atoms with E-state index in [0.717, 1.165) is 12.1 Å². The van der Waals surface area contributed by atoms with Crippen LogP contribution in [0.3, 0.4) is 0 Å². The molecule has 0 unspecified atom stereocenters. The molecular formula is C43H44ClN3O10. The third kappa shape index (κ3) is 6.09. The summed E-state index contributed by atoms with van der Waals surface area (Å²) in [6.45, 7) is 6.91. The average Bonchev–Trinajstić information content (AvgIpc) is 3.72. The van der Waals surface area contributed by atoms with Gasteiger partial charge in [-0.25, -0.2) is 0 Å². The average molecular weight is 798 g/mol. The first-order valence-corrected chi connectivity index (χ1v) is 19.5. The van der Waals surface area contributed by atoms with Crippen LogP contribution in [0.4, 0.5) is 0 Å². The van der Waals surface area contributed by atoms with Crippen molar-refractivity contribution in [1.82, 2.24) is 14.8 Å². The minimum absolute atomic E-state index is 0.00619. The number of carbonyl (C=O) groups is 4. The first-order chi connectivity index (χ1) is 27.3. The van der Waals surface area contributed by atoms with Crippen LogP contribution in [0.5, 0.6) is 23.0 Å². The number of nitrogens with one attached hydrogen (secondary N) is 1. The van der Waals surface area contributed by atoms with Crippen molar-refractivity contribution in [1.29, 1.82) is 0 Å². The lowest BCUT2D eigenvalue weighted by atomic mass is 9.70. The van der Waals surface area contributed by atoms with Crippen LogP contribution in [-0.4, -0.2) is 78.9 Å². The molecule has 298 valence electrons. The molecule has 14 heteroatoms. The molecule has 5 heterocycles. The summed E-state index contributed by atoms with van der Waals surface area (Å²) in [5.41, 5.74) is -0.214. The molecule has 2 aromatic carbocycles. The third-order valence-electron chi connectivity index (χ3n) is 12.0. The van der Waals surface area contributed by atoms with E-state index in [4.69, 9.17) is 35.0 Å². The number of furan rings is 1. The monoisotopic (exact) mass is 797 g/mol.